The van der Waals surface area contributed by atoms with Crippen LogP contribution in [0.1, 0.15) is 43.7 Å². The van der Waals surface area contributed by atoms with E-state index in [0.29, 0.717) is 24.5 Å². The number of nitrogens with zero attached hydrogens (tertiary/aromatic N) is 2. The first kappa shape index (κ1) is 26.5. The van der Waals surface area contributed by atoms with E-state index in [9.17, 15) is 18.5 Å². The van der Waals surface area contributed by atoms with Crippen molar-refractivity contribution in [1.82, 2.24) is 0 Å². The van der Waals surface area contributed by atoms with E-state index >= 15 is 0 Å². The monoisotopic (exact) mass is 523 g/mol. The van der Waals surface area contributed by atoms with Gasteiger partial charge in [0.25, 0.3) is 5.69 Å². The van der Waals surface area contributed by atoms with Gasteiger partial charge in [0.2, 0.25) is 9.84 Å². The Bertz CT molecular complexity index is 1340. The van der Waals surface area contributed by atoms with Gasteiger partial charge in [-0.05, 0) is 72.9 Å². The van der Waals surface area contributed by atoms with Gasteiger partial charge in [0, 0.05) is 31.4 Å². The zero-order valence-corrected chi connectivity index (χ0v) is 22.1. The van der Waals surface area contributed by atoms with Gasteiger partial charge in [-0.2, -0.15) is 0 Å². The Morgan fingerprint density at radius 3 is 2.32 bits per heavy atom. The van der Waals surface area contributed by atoms with Gasteiger partial charge >= 0.3 is 0 Å². The Hall–Kier alpha value is -3.59. The fourth-order valence-corrected chi connectivity index (χ4v) is 5.90. The molecule has 3 aromatic carbocycles. The van der Waals surface area contributed by atoms with Crippen LogP contribution in [0.15, 0.2) is 70.5 Å². The molecule has 3 aromatic rings. The number of unbranched alkanes of at least 4 members (excludes halogenated alkanes) is 2. The third-order valence-corrected chi connectivity index (χ3v) is 8.47. The molecule has 9 heteroatoms. The Morgan fingerprint density at radius 2 is 1.70 bits per heavy atom. The van der Waals surface area contributed by atoms with Crippen molar-refractivity contribution in [2.75, 3.05) is 30.4 Å². The number of nitro groups is 1. The summed E-state index contributed by atoms with van der Waals surface area (Å²) in [5.74, 6) is 0.593. The molecule has 1 aliphatic heterocycles. The molecule has 0 aliphatic carbocycles. The number of methoxy groups -OCH3 is 1. The smallest absolute Gasteiger partial charge is 0.294 e. The van der Waals surface area contributed by atoms with E-state index in [4.69, 9.17) is 4.74 Å². The highest BCUT2D eigenvalue weighted by Crippen LogP contribution is 2.37. The predicted octanol–water partition coefficient (Wildman–Crippen LogP) is 5.99. The molecule has 1 N–H and O–H groups in total. The van der Waals surface area contributed by atoms with Gasteiger partial charge in [-0.1, -0.05) is 31.9 Å². The summed E-state index contributed by atoms with van der Waals surface area (Å²) in [6.45, 7) is 4.15. The van der Waals surface area contributed by atoms with Gasteiger partial charge < -0.3 is 15.0 Å². The summed E-state index contributed by atoms with van der Waals surface area (Å²) in [6, 6.07) is 16.8. The molecule has 0 saturated carbocycles. The second-order valence-electron chi connectivity index (χ2n) is 9.24. The molecule has 196 valence electrons. The van der Waals surface area contributed by atoms with Gasteiger partial charge in [-0.15, -0.1) is 0 Å². The number of hydrogen-bond acceptors (Lipinski definition) is 7. The Balaban J connectivity index is 1.53. The minimum Gasteiger partial charge on any atom is -0.497 e. The minimum atomic E-state index is -3.65. The first-order chi connectivity index (χ1) is 17.8. The second-order valence-corrected chi connectivity index (χ2v) is 11.2. The summed E-state index contributed by atoms with van der Waals surface area (Å²) in [5.41, 5.74) is 3.56. The molecule has 8 nitrogen and oxygen atoms in total. The van der Waals surface area contributed by atoms with Crippen LogP contribution in [0.5, 0.6) is 5.75 Å². The average Bonchev–Trinajstić information content (AvgIpc) is 2.91. The van der Waals surface area contributed by atoms with E-state index in [1.807, 2.05) is 18.2 Å². The number of anilines is 2. The van der Waals surface area contributed by atoms with E-state index in [0.717, 1.165) is 55.5 Å². The topological polar surface area (TPSA) is 102 Å². The summed E-state index contributed by atoms with van der Waals surface area (Å²) in [5, 5.41) is 15.1. The second kappa shape index (κ2) is 11.6. The fourth-order valence-electron chi connectivity index (χ4n) is 4.64. The van der Waals surface area contributed by atoms with Crippen molar-refractivity contribution in [1.29, 1.82) is 0 Å². The lowest BCUT2D eigenvalue weighted by Crippen LogP contribution is -2.29. The fraction of sp³-hybridized carbons (Fsp3) is 0.357. The Kier molecular flexibility index (Phi) is 8.33. The standard InChI is InChI=1S/C28H33N3O5S/c1-3-4-5-16-29-26-18-22-7-6-17-30(27(22)19-28(26)31(32)33)20-21-8-12-24(13-9-21)37(34,35)25-14-10-23(36-2)11-15-25/h8-15,18-19,29H,3-7,16-17,20H2,1-2H3. The van der Waals surface area contributed by atoms with Crippen molar-refractivity contribution in [2.24, 2.45) is 0 Å². The highest BCUT2D eigenvalue weighted by Gasteiger charge is 2.24. The third-order valence-electron chi connectivity index (χ3n) is 6.68. The molecular weight excluding hydrogens is 490 g/mol. The third kappa shape index (κ3) is 6.05. The molecular formula is C28H33N3O5S. The number of rotatable bonds is 11. The van der Waals surface area contributed by atoms with Crippen LogP contribution in [0.25, 0.3) is 0 Å². The van der Waals surface area contributed by atoms with Crippen LogP contribution in [-0.4, -0.2) is 33.5 Å². The van der Waals surface area contributed by atoms with Crippen LogP contribution in [0.3, 0.4) is 0 Å². The van der Waals surface area contributed by atoms with Crippen LogP contribution in [0.2, 0.25) is 0 Å². The maximum atomic E-state index is 13.0. The summed E-state index contributed by atoms with van der Waals surface area (Å²) in [7, 11) is -2.11. The Labute approximate surface area is 218 Å². The van der Waals surface area contributed by atoms with Crippen LogP contribution >= 0.6 is 0 Å². The number of fused-ring (bicyclic) bond motifs is 1. The van der Waals surface area contributed by atoms with Crippen molar-refractivity contribution in [2.45, 2.75) is 55.4 Å². The summed E-state index contributed by atoms with van der Waals surface area (Å²) >= 11 is 0. The zero-order chi connectivity index (χ0) is 26.4. The van der Waals surface area contributed by atoms with Crippen LogP contribution in [-0.2, 0) is 22.8 Å². The normalized spacial score (nSPS) is 13.2. The zero-order valence-electron chi connectivity index (χ0n) is 21.3. The van der Waals surface area contributed by atoms with E-state index in [1.54, 1.807) is 30.3 Å². The molecule has 0 bridgehead atoms. The van der Waals surface area contributed by atoms with E-state index < -0.39 is 9.84 Å². The highest BCUT2D eigenvalue weighted by atomic mass is 32.2. The molecule has 0 spiro atoms. The first-order valence-corrected chi connectivity index (χ1v) is 14.1. The summed E-state index contributed by atoms with van der Waals surface area (Å²) in [4.78, 5) is 14.1. The molecule has 37 heavy (non-hydrogen) atoms. The van der Waals surface area contributed by atoms with Gasteiger partial charge in [-0.25, -0.2) is 8.42 Å². The maximum absolute atomic E-state index is 13.0. The average molecular weight is 524 g/mol. The van der Waals surface area contributed by atoms with Crippen molar-refractivity contribution in [3.63, 3.8) is 0 Å². The number of benzene rings is 3. The summed E-state index contributed by atoms with van der Waals surface area (Å²) in [6.07, 6.45) is 4.97. The predicted molar refractivity (Wildman–Crippen MR) is 145 cm³/mol. The molecule has 1 heterocycles. The number of hydrogen-bond donors (Lipinski definition) is 1. The number of aryl methyl sites for hydroxylation is 1. The van der Waals surface area contributed by atoms with E-state index in [2.05, 4.69) is 17.1 Å². The quantitative estimate of drug-likeness (QED) is 0.187. The molecule has 0 fully saturated rings. The largest absolute Gasteiger partial charge is 0.497 e. The lowest BCUT2D eigenvalue weighted by Gasteiger charge is -2.31. The molecule has 1 aliphatic rings. The number of ether oxygens (including phenoxy) is 1. The van der Waals surface area contributed by atoms with E-state index in [-0.39, 0.29) is 20.4 Å². The molecule has 4 rings (SSSR count). The Morgan fingerprint density at radius 1 is 1.03 bits per heavy atom. The van der Waals surface area contributed by atoms with Gasteiger partial charge in [-0.3, -0.25) is 10.1 Å². The van der Waals surface area contributed by atoms with Crippen LogP contribution < -0.4 is 15.0 Å². The number of nitro benzene ring substituents is 1. The molecule has 0 aromatic heterocycles. The summed E-state index contributed by atoms with van der Waals surface area (Å²) < 4.78 is 31.2. The molecule has 0 amide bonds. The molecule has 0 radical (unpaired) electrons. The van der Waals surface area contributed by atoms with E-state index in [1.165, 1.54) is 19.2 Å². The van der Waals surface area contributed by atoms with Gasteiger partial charge in [0.05, 0.1) is 21.8 Å². The number of sulfone groups is 1. The van der Waals surface area contributed by atoms with Gasteiger partial charge in [0.15, 0.2) is 0 Å². The highest BCUT2D eigenvalue weighted by molar-refractivity contribution is 7.91. The molecule has 0 unspecified atom stereocenters. The van der Waals surface area contributed by atoms with Crippen molar-refractivity contribution < 1.29 is 18.1 Å². The lowest BCUT2D eigenvalue weighted by atomic mass is 9.99. The maximum Gasteiger partial charge on any atom is 0.294 e. The first-order valence-electron chi connectivity index (χ1n) is 12.6. The van der Waals surface area contributed by atoms with Crippen LogP contribution in [0, 0.1) is 10.1 Å². The molecule has 0 atom stereocenters. The minimum absolute atomic E-state index is 0.0862. The van der Waals surface area contributed by atoms with Crippen molar-refractivity contribution in [3.8, 4) is 5.75 Å². The SMILES string of the molecule is CCCCCNc1cc2c(cc1[N+](=O)[O-])N(Cc1ccc(S(=O)(=O)c3ccc(OC)cc3)cc1)CCC2. The lowest BCUT2D eigenvalue weighted by molar-refractivity contribution is -0.383. The van der Waals surface area contributed by atoms with Crippen molar-refractivity contribution in [3.05, 3.63) is 81.9 Å². The van der Waals surface area contributed by atoms with Gasteiger partial charge in [0.1, 0.15) is 11.4 Å². The number of nitrogens with one attached hydrogen (secondary N) is 1. The molecule has 0 saturated heterocycles. The van der Waals surface area contributed by atoms with Crippen molar-refractivity contribution >= 4 is 26.9 Å². The van der Waals surface area contributed by atoms with Crippen LogP contribution in [0.4, 0.5) is 17.1 Å².